The maximum atomic E-state index is 5.60. The Morgan fingerprint density at radius 3 is 2.19 bits per heavy atom. The fourth-order valence-corrected chi connectivity index (χ4v) is 3.77. The van der Waals surface area contributed by atoms with Crippen LogP contribution >= 0.6 is 31.9 Å². The molecule has 0 saturated heterocycles. The third-order valence-electron chi connectivity index (χ3n) is 3.38. The Morgan fingerprint density at radius 1 is 0.952 bits per heavy atom. The second-order valence-electron chi connectivity index (χ2n) is 5.27. The molecule has 0 unspecified atom stereocenters. The summed E-state index contributed by atoms with van der Waals surface area (Å²) in [6.07, 6.45) is 8.05. The van der Waals surface area contributed by atoms with Crippen LogP contribution < -0.4 is 10.1 Å². The number of hydrogen-bond donors (Lipinski definition) is 1. The predicted molar refractivity (Wildman–Crippen MR) is 98.1 cm³/mol. The normalized spacial score (nSPS) is 10.9. The first-order valence-corrected chi connectivity index (χ1v) is 9.59. The van der Waals surface area contributed by atoms with E-state index in [0.29, 0.717) is 6.61 Å². The molecule has 0 atom stereocenters. The number of benzene rings is 1. The smallest absolute Gasteiger partial charge is 0.147 e. The first kappa shape index (κ1) is 19.0. The Morgan fingerprint density at radius 2 is 1.57 bits per heavy atom. The number of unbranched alkanes of at least 4 members (excludes halogenated alkanes) is 5. The highest BCUT2D eigenvalue weighted by atomic mass is 79.9. The highest BCUT2D eigenvalue weighted by molar-refractivity contribution is 9.11. The summed E-state index contributed by atoms with van der Waals surface area (Å²) in [6.45, 7) is 6.92. The fourth-order valence-electron chi connectivity index (χ4n) is 2.26. The van der Waals surface area contributed by atoms with E-state index in [2.05, 4.69) is 56.2 Å². The van der Waals surface area contributed by atoms with Crippen LogP contribution in [0.15, 0.2) is 21.1 Å². The van der Waals surface area contributed by atoms with Gasteiger partial charge in [-0.2, -0.15) is 0 Å². The first-order valence-electron chi connectivity index (χ1n) is 8.00. The molecule has 1 N–H and O–H groups in total. The van der Waals surface area contributed by atoms with Gasteiger partial charge in [-0.1, -0.05) is 39.0 Å². The summed E-state index contributed by atoms with van der Waals surface area (Å²) in [7, 11) is 0. The summed E-state index contributed by atoms with van der Waals surface area (Å²) in [4.78, 5) is 0. The summed E-state index contributed by atoms with van der Waals surface area (Å²) in [5.74, 6) is 0.886. The average molecular weight is 421 g/mol. The Labute approximate surface area is 146 Å². The van der Waals surface area contributed by atoms with Crippen molar-refractivity contribution in [2.75, 3.05) is 13.2 Å². The predicted octanol–water partition coefficient (Wildman–Crippen LogP) is 6.06. The summed E-state index contributed by atoms with van der Waals surface area (Å²) >= 11 is 7.15. The van der Waals surface area contributed by atoms with Crippen LogP contribution in [-0.2, 0) is 6.54 Å². The quantitative estimate of drug-likeness (QED) is 0.439. The van der Waals surface area contributed by atoms with E-state index in [-0.39, 0.29) is 0 Å². The maximum absolute atomic E-state index is 5.60. The molecule has 0 aliphatic rings. The van der Waals surface area contributed by atoms with E-state index in [1.807, 2.05) is 6.92 Å². The second-order valence-corrected chi connectivity index (χ2v) is 6.97. The van der Waals surface area contributed by atoms with Crippen LogP contribution in [0, 0.1) is 0 Å². The standard InChI is InChI=1S/C17H27Br2NO/c1-3-5-6-7-8-9-10-20-13-14-11-15(18)17(21-4-2)16(19)12-14/h11-12,20H,3-10,13H2,1-2H3. The molecule has 1 rings (SSSR count). The van der Waals surface area contributed by atoms with Gasteiger partial charge in [-0.15, -0.1) is 0 Å². The summed E-state index contributed by atoms with van der Waals surface area (Å²) < 4.78 is 7.62. The van der Waals surface area contributed by atoms with Crippen molar-refractivity contribution >= 4 is 31.9 Å². The van der Waals surface area contributed by atoms with Gasteiger partial charge in [0.15, 0.2) is 0 Å². The van der Waals surface area contributed by atoms with E-state index < -0.39 is 0 Å². The Bertz CT molecular complexity index is 387. The fraction of sp³-hybridized carbons (Fsp3) is 0.647. The lowest BCUT2D eigenvalue weighted by molar-refractivity contribution is 0.336. The second kappa shape index (κ2) is 11.5. The number of ether oxygens (including phenoxy) is 1. The van der Waals surface area contributed by atoms with Crippen LogP contribution in [0.25, 0.3) is 0 Å². The third kappa shape index (κ3) is 7.66. The van der Waals surface area contributed by atoms with Crippen molar-refractivity contribution in [3.63, 3.8) is 0 Å². The minimum absolute atomic E-state index is 0.673. The van der Waals surface area contributed by atoms with Crippen molar-refractivity contribution in [2.45, 2.75) is 58.9 Å². The molecule has 120 valence electrons. The van der Waals surface area contributed by atoms with Gasteiger partial charge in [0, 0.05) is 6.54 Å². The highest BCUT2D eigenvalue weighted by Gasteiger charge is 2.08. The Balaban J connectivity index is 2.26. The Hall–Kier alpha value is -0.0600. The summed E-state index contributed by atoms with van der Waals surface area (Å²) in [6, 6.07) is 4.26. The average Bonchev–Trinajstić information content (AvgIpc) is 2.46. The van der Waals surface area contributed by atoms with Crippen molar-refractivity contribution in [1.29, 1.82) is 0 Å². The monoisotopic (exact) mass is 419 g/mol. The lowest BCUT2D eigenvalue weighted by Gasteiger charge is -2.11. The van der Waals surface area contributed by atoms with Gasteiger partial charge >= 0.3 is 0 Å². The molecule has 0 heterocycles. The molecule has 0 aromatic heterocycles. The molecule has 0 aliphatic carbocycles. The SMILES string of the molecule is CCCCCCCCNCc1cc(Br)c(OCC)c(Br)c1. The van der Waals surface area contributed by atoms with Gasteiger partial charge in [0.1, 0.15) is 5.75 Å². The molecule has 0 radical (unpaired) electrons. The van der Waals surface area contributed by atoms with E-state index in [0.717, 1.165) is 27.8 Å². The minimum atomic E-state index is 0.673. The molecule has 4 heteroatoms. The summed E-state index contributed by atoms with van der Waals surface area (Å²) in [5.41, 5.74) is 1.27. The van der Waals surface area contributed by atoms with Crippen molar-refractivity contribution < 1.29 is 4.74 Å². The topological polar surface area (TPSA) is 21.3 Å². The van der Waals surface area contributed by atoms with Crippen molar-refractivity contribution in [3.05, 3.63) is 26.6 Å². The molecule has 0 fully saturated rings. The third-order valence-corrected chi connectivity index (χ3v) is 4.56. The van der Waals surface area contributed by atoms with Gasteiger partial charge < -0.3 is 10.1 Å². The van der Waals surface area contributed by atoms with Crippen molar-refractivity contribution in [3.8, 4) is 5.75 Å². The lowest BCUT2D eigenvalue weighted by Crippen LogP contribution is -2.14. The highest BCUT2D eigenvalue weighted by Crippen LogP contribution is 2.34. The molecule has 0 amide bonds. The molecule has 21 heavy (non-hydrogen) atoms. The van der Waals surface area contributed by atoms with E-state index in [1.165, 1.54) is 44.1 Å². The molecular formula is C17H27Br2NO. The van der Waals surface area contributed by atoms with Crippen LogP contribution in [-0.4, -0.2) is 13.2 Å². The molecule has 1 aromatic rings. The van der Waals surface area contributed by atoms with Crippen LogP contribution in [0.2, 0.25) is 0 Å². The number of nitrogens with one attached hydrogen (secondary N) is 1. The van der Waals surface area contributed by atoms with E-state index in [9.17, 15) is 0 Å². The first-order chi connectivity index (χ1) is 10.2. The van der Waals surface area contributed by atoms with E-state index in [1.54, 1.807) is 0 Å². The van der Waals surface area contributed by atoms with Crippen molar-refractivity contribution in [2.24, 2.45) is 0 Å². The number of halogens is 2. The van der Waals surface area contributed by atoms with Gasteiger partial charge in [0.2, 0.25) is 0 Å². The molecule has 0 bridgehead atoms. The van der Waals surface area contributed by atoms with E-state index in [4.69, 9.17) is 4.74 Å². The zero-order chi connectivity index (χ0) is 15.5. The molecule has 0 spiro atoms. The molecular weight excluding hydrogens is 394 g/mol. The van der Waals surface area contributed by atoms with Gasteiger partial charge in [0.25, 0.3) is 0 Å². The van der Waals surface area contributed by atoms with Crippen LogP contribution in [0.3, 0.4) is 0 Å². The number of rotatable bonds is 11. The minimum Gasteiger partial charge on any atom is -0.492 e. The summed E-state index contributed by atoms with van der Waals surface area (Å²) in [5, 5.41) is 3.52. The molecule has 0 aliphatic heterocycles. The molecule has 1 aromatic carbocycles. The maximum Gasteiger partial charge on any atom is 0.147 e. The van der Waals surface area contributed by atoms with Crippen LogP contribution in [0.4, 0.5) is 0 Å². The van der Waals surface area contributed by atoms with Gasteiger partial charge in [0.05, 0.1) is 15.6 Å². The zero-order valence-corrected chi connectivity index (χ0v) is 16.4. The zero-order valence-electron chi connectivity index (χ0n) is 13.2. The lowest BCUT2D eigenvalue weighted by atomic mass is 10.1. The van der Waals surface area contributed by atoms with Crippen LogP contribution in [0.5, 0.6) is 5.75 Å². The van der Waals surface area contributed by atoms with Crippen LogP contribution in [0.1, 0.15) is 57.9 Å². The molecule has 0 saturated carbocycles. The van der Waals surface area contributed by atoms with Crippen molar-refractivity contribution in [1.82, 2.24) is 5.32 Å². The number of hydrogen-bond acceptors (Lipinski definition) is 2. The van der Waals surface area contributed by atoms with Gasteiger partial charge in [-0.3, -0.25) is 0 Å². The Kier molecular flexibility index (Phi) is 10.4. The van der Waals surface area contributed by atoms with Gasteiger partial charge in [-0.05, 0) is 69.4 Å². The largest absolute Gasteiger partial charge is 0.492 e. The van der Waals surface area contributed by atoms with Gasteiger partial charge in [-0.25, -0.2) is 0 Å². The molecule has 2 nitrogen and oxygen atoms in total. The van der Waals surface area contributed by atoms with E-state index >= 15 is 0 Å².